The molecule has 1 aliphatic heterocycles. The van der Waals surface area contributed by atoms with Gasteiger partial charge in [-0.3, -0.25) is 15.2 Å². The number of carbonyl (C=O) groups is 1. The Balaban J connectivity index is 2.21. The molecule has 0 bridgehead atoms. The molecule has 92 valence electrons. The SMILES string of the molecule is C#CCC(N)C(=O)CNCC1=NCC(C)=NN1. The topological polar surface area (TPSA) is 91.9 Å². The zero-order chi connectivity index (χ0) is 12.7. The van der Waals surface area contributed by atoms with Crippen LogP contribution in [0, 0.1) is 12.3 Å². The summed E-state index contributed by atoms with van der Waals surface area (Å²) >= 11 is 0. The first-order valence-corrected chi connectivity index (χ1v) is 5.38. The number of ketones is 1. The van der Waals surface area contributed by atoms with Gasteiger partial charge in [-0.1, -0.05) is 0 Å². The number of hydrogen-bond acceptors (Lipinski definition) is 6. The molecule has 6 heteroatoms. The summed E-state index contributed by atoms with van der Waals surface area (Å²) in [6.45, 7) is 3.13. The number of nitrogens with one attached hydrogen (secondary N) is 2. The van der Waals surface area contributed by atoms with Crippen molar-refractivity contribution in [3.63, 3.8) is 0 Å². The minimum Gasteiger partial charge on any atom is -0.321 e. The van der Waals surface area contributed by atoms with Gasteiger partial charge in [0.25, 0.3) is 0 Å². The molecule has 0 aliphatic carbocycles. The van der Waals surface area contributed by atoms with Crippen molar-refractivity contribution < 1.29 is 4.79 Å². The normalized spacial score (nSPS) is 16.3. The highest BCUT2D eigenvalue weighted by Gasteiger charge is 2.12. The van der Waals surface area contributed by atoms with Crippen LogP contribution in [-0.2, 0) is 4.79 Å². The van der Waals surface area contributed by atoms with E-state index in [1.807, 2.05) is 6.92 Å². The first-order valence-electron chi connectivity index (χ1n) is 5.38. The second kappa shape index (κ2) is 6.78. The quantitative estimate of drug-likeness (QED) is 0.508. The summed E-state index contributed by atoms with van der Waals surface area (Å²) in [5.74, 6) is 2.98. The Morgan fingerprint density at radius 1 is 1.76 bits per heavy atom. The standard InChI is InChI=1S/C11H17N5O/c1-3-4-9(12)10(17)6-13-7-11-14-5-8(2)15-16-11/h1,9,13H,4-7,12H2,2H3,(H,14,16). The number of aliphatic imine (C=N–C) groups is 1. The van der Waals surface area contributed by atoms with Crippen LogP contribution in [0.1, 0.15) is 13.3 Å². The minimum atomic E-state index is -0.589. The molecule has 1 unspecified atom stereocenters. The van der Waals surface area contributed by atoms with Gasteiger partial charge in [-0.2, -0.15) is 5.10 Å². The Bertz CT molecular complexity index is 380. The van der Waals surface area contributed by atoms with Crippen LogP contribution in [0.5, 0.6) is 0 Å². The van der Waals surface area contributed by atoms with Crippen LogP contribution in [-0.4, -0.2) is 43.0 Å². The molecule has 0 aromatic heterocycles. The number of rotatable bonds is 6. The van der Waals surface area contributed by atoms with E-state index in [0.29, 0.717) is 18.9 Å². The van der Waals surface area contributed by atoms with Crippen molar-refractivity contribution in [3.8, 4) is 12.3 Å². The van der Waals surface area contributed by atoms with Gasteiger partial charge in [0.2, 0.25) is 0 Å². The van der Waals surface area contributed by atoms with Gasteiger partial charge in [-0.25, -0.2) is 0 Å². The van der Waals surface area contributed by atoms with E-state index < -0.39 is 6.04 Å². The van der Waals surface area contributed by atoms with E-state index in [4.69, 9.17) is 12.2 Å². The molecule has 0 spiro atoms. The van der Waals surface area contributed by atoms with Gasteiger partial charge in [0.1, 0.15) is 5.84 Å². The lowest BCUT2D eigenvalue weighted by atomic mass is 10.1. The van der Waals surface area contributed by atoms with Crippen LogP contribution < -0.4 is 16.5 Å². The summed E-state index contributed by atoms with van der Waals surface area (Å²) in [6.07, 6.45) is 5.35. The van der Waals surface area contributed by atoms with Crippen molar-refractivity contribution in [1.29, 1.82) is 0 Å². The summed E-state index contributed by atoms with van der Waals surface area (Å²) < 4.78 is 0. The van der Waals surface area contributed by atoms with Crippen LogP contribution in [0.2, 0.25) is 0 Å². The molecule has 0 aromatic carbocycles. The van der Waals surface area contributed by atoms with E-state index in [-0.39, 0.29) is 18.7 Å². The molecule has 0 saturated carbocycles. The largest absolute Gasteiger partial charge is 0.321 e. The first-order chi connectivity index (χ1) is 8.13. The Morgan fingerprint density at radius 2 is 2.53 bits per heavy atom. The fourth-order valence-corrected chi connectivity index (χ4v) is 1.21. The summed E-state index contributed by atoms with van der Waals surface area (Å²) in [7, 11) is 0. The summed E-state index contributed by atoms with van der Waals surface area (Å²) in [5, 5.41) is 6.98. The average Bonchev–Trinajstić information content (AvgIpc) is 2.32. The molecule has 4 N–H and O–H groups in total. The minimum absolute atomic E-state index is 0.0981. The highest BCUT2D eigenvalue weighted by molar-refractivity contribution is 5.94. The second-order valence-corrected chi connectivity index (χ2v) is 3.81. The number of hydrogen-bond donors (Lipinski definition) is 3. The smallest absolute Gasteiger partial charge is 0.164 e. The molecule has 1 aliphatic rings. The third-order valence-electron chi connectivity index (χ3n) is 2.22. The van der Waals surface area contributed by atoms with Crippen LogP contribution in [0.3, 0.4) is 0 Å². The van der Waals surface area contributed by atoms with E-state index in [1.165, 1.54) is 0 Å². The molecule has 0 aromatic rings. The molecule has 1 rings (SSSR count). The number of amidine groups is 1. The number of hydrazone groups is 1. The van der Waals surface area contributed by atoms with E-state index in [2.05, 4.69) is 26.8 Å². The van der Waals surface area contributed by atoms with Crippen molar-refractivity contribution in [1.82, 2.24) is 10.7 Å². The molecule has 0 saturated heterocycles. The Morgan fingerprint density at radius 3 is 3.12 bits per heavy atom. The van der Waals surface area contributed by atoms with Gasteiger partial charge in [-0.05, 0) is 6.92 Å². The third kappa shape index (κ3) is 4.76. The molecular weight excluding hydrogens is 218 g/mol. The summed E-state index contributed by atoms with van der Waals surface area (Å²) in [6, 6.07) is -0.589. The van der Waals surface area contributed by atoms with E-state index >= 15 is 0 Å². The third-order valence-corrected chi connectivity index (χ3v) is 2.22. The maximum absolute atomic E-state index is 11.5. The molecule has 1 heterocycles. The lowest BCUT2D eigenvalue weighted by Gasteiger charge is -2.13. The Kier molecular flexibility index (Phi) is 5.33. The Labute approximate surface area is 101 Å². The molecule has 1 atom stereocenters. The molecule has 6 nitrogen and oxygen atoms in total. The van der Waals surface area contributed by atoms with Crippen LogP contribution in [0.15, 0.2) is 10.1 Å². The van der Waals surface area contributed by atoms with Crippen LogP contribution in [0.4, 0.5) is 0 Å². The maximum Gasteiger partial charge on any atom is 0.164 e. The van der Waals surface area contributed by atoms with Gasteiger partial charge in [0.05, 0.1) is 31.4 Å². The van der Waals surface area contributed by atoms with Crippen molar-refractivity contribution in [3.05, 3.63) is 0 Å². The molecule has 0 radical (unpaired) electrons. The van der Waals surface area contributed by atoms with Crippen molar-refractivity contribution in [2.75, 3.05) is 19.6 Å². The predicted molar refractivity (Wildman–Crippen MR) is 67.8 cm³/mol. The monoisotopic (exact) mass is 235 g/mol. The fourth-order valence-electron chi connectivity index (χ4n) is 1.21. The van der Waals surface area contributed by atoms with Crippen molar-refractivity contribution in [2.45, 2.75) is 19.4 Å². The van der Waals surface area contributed by atoms with Gasteiger partial charge in [0, 0.05) is 6.42 Å². The van der Waals surface area contributed by atoms with E-state index in [0.717, 1.165) is 5.71 Å². The highest BCUT2D eigenvalue weighted by Crippen LogP contribution is 1.89. The van der Waals surface area contributed by atoms with Gasteiger partial charge >= 0.3 is 0 Å². The van der Waals surface area contributed by atoms with Crippen LogP contribution in [0.25, 0.3) is 0 Å². The second-order valence-electron chi connectivity index (χ2n) is 3.81. The molecular formula is C11H17N5O. The zero-order valence-electron chi connectivity index (χ0n) is 9.86. The van der Waals surface area contributed by atoms with Crippen LogP contribution >= 0.6 is 0 Å². The fraction of sp³-hybridized carbons (Fsp3) is 0.545. The van der Waals surface area contributed by atoms with Gasteiger partial charge in [0.15, 0.2) is 5.78 Å². The number of Topliss-reactive ketones (excluding diaryl/α,β-unsaturated/α-hetero) is 1. The molecule has 17 heavy (non-hydrogen) atoms. The zero-order valence-corrected chi connectivity index (χ0v) is 9.86. The number of nitrogens with zero attached hydrogens (tertiary/aromatic N) is 2. The van der Waals surface area contributed by atoms with Crippen molar-refractivity contribution >= 4 is 17.3 Å². The number of terminal acetylenes is 1. The predicted octanol–water partition coefficient (Wildman–Crippen LogP) is -1.13. The molecule has 0 fully saturated rings. The van der Waals surface area contributed by atoms with Crippen molar-refractivity contribution in [2.24, 2.45) is 15.8 Å². The number of carbonyl (C=O) groups excluding carboxylic acids is 1. The average molecular weight is 235 g/mol. The highest BCUT2D eigenvalue weighted by atomic mass is 16.1. The number of nitrogens with two attached hydrogens (primary N) is 1. The summed E-state index contributed by atoms with van der Waals surface area (Å²) in [4.78, 5) is 15.7. The van der Waals surface area contributed by atoms with Gasteiger partial charge in [-0.15, -0.1) is 12.3 Å². The maximum atomic E-state index is 11.5. The Hall–Kier alpha value is -1.71. The summed E-state index contributed by atoms with van der Waals surface area (Å²) in [5.41, 5.74) is 9.29. The lowest BCUT2D eigenvalue weighted by Crippen LogP contribution is -2.41. The van der Waals surface area contributed by atoms with E-state index in [1.54, 1.807) is 0 Å². The van der Waals surface area contributed by atoms with E-state index in [9.17, 15) is 4.79 Å². The first kappa shape index (κ1) is 13.4. The molecule has 0 amide bonds. The van der Waals surface area contributed by atoms with Gasteiger partial charge < -0.3 is 11.1 Å². The lowest BCUT2D eigenvalue weighted by molar-refractivity contribution is -0.119.